The van der Waals surface area contributed by atoms with E-state index in [1.807, 2.05) is 13.8 Å². The van der Waals surface area contributed by atoms with Crippen molar-refractivity contribution < 1.29 is 28.0 Å². The minimum atomic E-state index is -0.332. The Bertz CT molecular complexity index is 1140. The van der Waals surface area contributed by atoms with Gasteiger partial charge in [-0.15, -0.1) is 0 Å². The minimum absolute atomic E-state index is 0.119. The smallest absolute Gasteiger partial charge is 0.276 e. The fourth-order valence-electron chi connectivity index (χ4n) is 3.52. The number of ether oxygens (including phenoxy) is 2. The molecule has 3 rings (SSSR count). The van der Waals surface area contributed by atoms with E-state index in [0.29, 0.717) is 29.4 Å². The number of amides is 2. The summed E-state index contributed by atoms with van der Waals surface area (Å²) in [5.41, 5.74) is 1.53. The summed E-state index contributed by atoms with van der Waals surface area (Å²) in [6.45, 7) is 4.94. The van der Waals surface area contributed by atoms with Crippen molar-refractivity contribution in [3.63, 3.8) is 0 Å². The Morgan fingerprint density at radius 3 is 2.49 bits per heavy atom. The third kappa shape index (κ3) is 7.05. The van der Waals surface area contributed by atoms with Crippen molar-refractivity contribution in [2.45, 2.75) is 26.8 Å². The van der Waals surface area contributed by atoms with Gasteiger partial charge in [0.15, 0.2) is 11.5 Å². The van der Waals surface area contributed by atoms with Crippen LogP contribution >= 0.6 is 0 Å². The van der Waals surface area contributed by atoms with Gasteiger partial charge < -0.3 is 24.2 Å². The number of aromatic nitrogens is 1. The molecule has 0 radical (unpaired) electrons. The van der Waals surface area contributed by atoms with Crippen molar-refractivity contribution in [3.05, 3.63) is 65.6 Å². The Kier molecular flexibility index (Phi) is 8.83. The molecule has 35 heavy (non-hydrogen) atoms. The summed E-state index contributed by atoms with van der Waals surface area (Å²) in [5, 5.41) is 6.76. The lowest BCUT2D eigenvalue weighted by atomic mass is 10.1. The fraction of sp³-hybridized carbons (Fsp3) is 0.346. The van der Waals surface area contributed by atoms with Crippen molar-refractivity contribution in [2.75, 3.05) is 27.3 Å². The number of carbonyl (C=O) groups excluding carboxylic acids is 2. The van der Waals surface area contributed by atoms with Gasteiger partial charge in [0.2, 0.25) is 5.91 Å². The van der Waals surface area contributed by atoms with Gasteiger partial charge in [-0.05, 0) is 41.8 Å². The van der Waals surface area contributed by atoms with Crippen LogP contribution in [0.5, 0.6) is 11.5 Å². The molecule has 1 heterocycles. The molecule has 0 spiro atoms. The second kappa shape index (κ2) is 12.0. The monoisotopic (exact) mass is 483 g/mol. The van der Waals surface area contributed by atoms with Crippen LogP contribution in [0.4, 0.5) is 4.39 Å². The third-order valence-corrected chi connectivity index (χ3v) is 5.29. The predicted molar refractivity (Wildman–Crippen MR) is 129 cm³/mol. The van der Waals surface area contributed by atoms with Gasteiger partial charge in [0.25, 0.3) is 5.91 Å². The lowest BCUT2D eigenvalue weighted by Crippen LogP contribution is -2.37. The van der Waals surface area contributed by atoms with Gasteiger partial charge in [-0.1, -0.05) is 31.1 Å². The first-order valence-corrected chi connectivity index (χ1v) is 11.3. The Balaban J connectivity index is 1.67. The molecule has 2 aromatic carbocycles. The fourth-order valence-corrected chi connectivity index (χ4v) is 3.52. The summed E-state index contributed by atoms with van der Waals surface area (Å²) in [5.74, 6) is 0.844. The van der Waals surface area contributed by atoms with E-state index in [1.54, 1.807) is 55.5 Å². The third-order valence-electron chi connectivity index (χ3n) is 5.29. The SMILES string of the molecule is COc1ccc(OC)c(-c2cc(C(=O)N(CCC(=O)NCc3ccc(F)cc3)CC(C)C)no2)c1. The molecule has 0 saturated carbocycles. The van der Waals surface area contributed by atoms with Crippen molar-refractivity contribution in [3.8, 4) is 22.8 Å². The van der Waals surface area contributed by atoms with Gasteiger partial charge in [0.1, 0.15) is 17.3 Å². The molecule has 9 heteroatoms. The molecule has 0 bridgehead atoms. The van der Waals surface area contributed by atoms with Crippen LogP contribution in [0.3, 0.4) is 0 Å². The molecule has 0 aliphatic heterocycles. The van der Waals surface area contributed by atoms with Crippen LogP contribution < -0.4 is 14.8 Å². The zero-order valence-electron chi connectivity index (χ0n) is 20.3. The molecule has 1 aromatic heterocycles. The summed E-state index contributed by atoms with van der Waals surface area (Å²) in [4.78, 5) is 27.2. The van der Waals surface area contributed by atoms with Crippen LogP contribution in [0.25, 0.3) is 11.3 Å². The maximum atomic E-state index is 13.2. The number of nitrogens with zero attached hydrogens (tertiary/aromatic N) is 2. The molecule has 0 atom stereocenters. The Morgan fingerprint density at radius 1 is 1.09 bits per heavy atom. The van der Waals surface area contributed by atoms with Gasteiger partial charge in [0, 0.05) is 32.1 Å². The quantitative estimate of drug-likeness (QED) is 0.437. The van der Waals surface area contributed by atoms with Crippen LogP contribution in [-0.4, -0.2) is 49.2 Å². The van der Waals surface area contributed by atoms with Crippen LogP contribution in [0.1, 0.15) is 36.3 Å². The highest BCUT2D eigenvalue weighted by atomic mass is 19.1. The van der Waals surface area contributed by atoms with Crippen molar-refractivity contribution in [1.82, 2.24) is 15.4 Å². The van der Waals surface area contributed by atoms with Crippen molar-refractivity contribution in [1.29, 1.82) is 0 Å². The number of hydrogen-bond acceptors (Lipinski definition) is 6. The highest BCUT2D eigenvalue weighted by Crippen LogP contribution is 2.34. The zero-order chi connectivity index (χ0) is 25.4. The molecule has 186 valence electrons. The molecule has 1 N–H and O–H groups in total. The Hall–Kier alpha value is -3.88. The normalized spacial score (nSPS) is 10.8. The summed E-state index contributed by atoms with van der Waals surface area (Å²) in [6.07, 6.45) is 0.119. The van der Waals surface area contributed by atoms with Gasteiger partial charge >= 0.3 is 0 Å². The highest BCUT2D eigenvalue weighted by molar-refractivity contribution is 5.93. The molecular formula is C26H30FN3O5. The van der Waals surface area contributed by atoms with Crippen molar-refractivity contribution >= 4 is 11.8 Å². The Labute approximate surface area is 204 Å². The summed E-state index contributed by atoms with van der Waals surface area (Å²) < 4.78 is 29.2. The van der Waals surface area contributed by atoms with Crippen LogP contribution in [-0.2, 0) is 11.3 Å². The molecule has 8 nitrogen and oxygen atoms in total. The summed E-state index contributed by atoms with van der Waals surface area (Å²) >= 11 is 0. The van der Waals surface area contributed by atoms with Crippen LogP contribution in [0.2, 0.25) is 0 Å². The molecule has 0 saturated heterocycles. The average Bonchev–Trinajstić information content (AvgIpc) is 3.35. The largest absolute Gasteiger partial charge is 0.497 e. The molecule has 0 fully saturated rings. The molecule has 3 aromatic rings. The maximum Gasteiger partial charge on any atom is 0.276 e. The van der Waals surface area contributed by atoms with E-state index in [9.17, 15) is 14.0 Å². The standard InChI is InChI=1S/C26H30FN3O5/c1-17(2)16-30(12-11-25(31)28-15-18-5-7-19(27)8-6-18)26(32)22-14-24(35-29-22)21-13-20(33-3)9-10-23(21)34-4/h5-10,13-14,17H,11-12,15-16H2,1-4H3,(H,28,31). The second-order valence-corrected chi connectivity index (χ2v) is 8.44. The van der Waals surface area contributed by atoms with E-state index in [-0.39, 0.29) is 48.8 Å². The number of carbonyl (C=O) groups is 2. The van der Waals surface area contributed by atoms with E-state index in [1.165, 1.54) is 12.1 Å². The van der Waals surface area contributed by atoms with E-state index in [2.05, 4.69) is 10.5 Å². The maximum absolute atomic E-state index is 13.2. The number of nitrogens with one attached hydrogen (secondary N) is 1. The second-order valence-electron chi connectivity index (χ2n) is 8.44. The van der Waals surface area contributed by atoms with E-state index in [4.69, 9.17) is 14.0 Å². The van der Waals surface area contributed by atoms with Gasteiger partial charge in [0.05, 0.1) is 19.8 Å². The van der Waals surface area contributed by atoms with Gasteiger partial charge in [-0.25, -0.2) is 4.39 Å². The summed E-state index contributed by atoms with van der Waals surface area (Å²) in [6, 6.07) is 12.7. The first-order valence-electron chi connectivity index (χ1n) is 11.3. The van der Waals surface area contributed by atoms with E-state index >= 15 is 0 Å². The first-order chi connectivity index (χ1) is 16.8. The number of hydrogen-bond donors (Lipinski definition) is 1. The van der Waals surface area contributed by atoms with Crippen LogP contribution in [0, 0.1) is 11.7 Å². The molecule has 0 unspecified atom stereocenters. The lowest BCUT2D eigenvalue weighted by molar-refractivity contribution is -0.121. The predicted octanol–water partition coefficient (Wildman–Crippen LogP) is 4.30. The first kappa shape index (κ1) is 25.7. The Morgan fingerprint density at radius 2 is 1.83 bits per heavy atom. The van der Waals surface area contributed by atoms with Crippen LogP contribution in [0.15, 0.2) is 53.1 Å². The average molecular weight is 484 g/mol. The van der Waals surface area contributed by atoms with Gasteiger partial charge in [-0.2, -0.15) is 0 Å². The molecule has 0 aliphatic rings. The van der Waals surface area contributed by atoms with Gasteiger partial charge in [-0.3, -0.25) is 9.59 Å². The summed E-state index contributed by atoms with van der Waals surface area (Å²) in [7, 11) is 3.10. The molecular weight excluding hydrogens is 453 g/mol. The minimum Gasteiger partial charge on any atom is -0.497 e. The number of methoxy groups -OCH3 is 2. The van der Waals surface area contributed by atoms with E-state index < -0.39 is 0 Å². The molecule has 2 amide bonds. The lowest BCUT2D eigenvalue weighted by Gasteiger charge is -2.23. The number of benzene rings is 2. The highest BCUT2D eigenvalue weighted by Gasteiger charge is 2.23. The van der Waals surface area contributed by atoms with Crippen molar-refractivity contribution in [2.24, 2.45) is 5.92 Å². The number of halogens is 1. The zero-order valence-corrected chi connectivity index (χ0v) is 20.3. The number of rotatable bonds is 11. The molecule has 0 aliphatic carbocycles. The van der Waals surface area contributed by atoms with E-state index in [0.717, 1.165) is 5.56 Å². The topological polar surface area (TPSA) is 93.9 Å².